The highest BCUT2D eigenvalue weighted by Crippen LogP contribution is 2.19. The van der Waals surface area contributed by atoms with Crippen molar-refractivity contribution in [1.29, 1.82) is 0 Å². The molecule has 1 aromatic heterocycles. The molecular formula is C14H26N6O3. The van der Waals surface area contributed by atoms with Crippen LogP contribution in [0.1, 0.15) is 27.7 Å². The molecule has 2 heterocycles. The second-order valence-electron chi connectivity index (χ2n) is 6.66. The molecule has 1 atom stereocenters. The van der Waals surface area contributed by atoms with E-state index < -0.39 is 5.60 Å². The standard InChI is InChI=1S/C14H26N6O3/c1-11-10-18(12-15-16-17-20(12)8-9-22-5)6-7-19(11)13(21)23-14(2,3)4/h11H,6-10H2,1-5H3/t11-/m0/s1. The zero-order valence-corrected chi connectivity index (χ0v) is 14.5. The molecule has 1 aliphatic heterocycles. The smallest absolute Gasteiger partial charge is 0.410 e. The van der Waals surface area contributed by atoms with Crippen LogP contribution in [0.15, 0.2) is 0 Å². The van der Waals surface area contributed by atoms with Gasteiger partial charge in [-0.15, -0.1) is 0 Å². The summed E-state index contributed by atoms with van der Waals surface area (Å²) in [6.07, 6.45) is -0.274. The maximum atomic E-state index is 12.2. The Labute approximate surface area is 136 Å². The van der Waals surface area contributed by atoms with Crippen LogP contribution in [0.3, 0.4) is 0 Å². The zero-order chi connectivity index (χ0) is 17.0. The highest BCUT2D eigenvalue weighted by molar-refractivity contribution is 5.69. The van der Waals surface area contributed by atoms with Crippen molar-refractivity contribution in [3.05, 3.63) is 0 Å². The third-order valence-corrected chi connectivity index (χ3v) is 3.56. The van der Waals surface area contributed by atoms with E-state index in [0.29, 0.717) is 38.7 Å². The van der Waals surface area contributed by atoms with Crippen molar-refractivity contribution < 1.29 is 14.3 Å². The first-order valence-electron chi connectivity index (χ1n) is 7.81. The lowest BCUT2D eigenvalue weighted by Gasteiger charge is -2.40. The SMILES string of the molecule is COCCn1nnnc1N1CCN(C(=O)OC(C)(C)C)[C@@H](C)C1. The molecule has 1 amide bonds. The molecule has 0 radical (unpaired) electrons. The van der Waals surface area contributed by atoms with E-state index in [9.17, 15) is 4.79 Å². The Morgan fingerprint density at radius 2 is 2.09 bits per heavy atom. The van der Waals surface area contributed by atoms with Crippen molar-refractivity contribution in [3.8, 4) is 0 Å². The number of amides is 1. The van der Waals surface area contributed by atoms with Crippen LogP contribution < -0.4 is 4.90 Å². The number of tetrazole rings is 1. The minimum atomic E-state index is -0.488. The first-order valence-corrected chi connectivity index (χ1v) is 7.81. The van der Waals surface area contributed by atoms with Gasteiger partial charge in [-0.1, -0.05) is 5.10 Å². The van der Waals surface area contributed by atoms with Gasteiger partial charge in [0, 0.05) is 32.8 Å². The number of hydrogen-bond donors (Lipinski definition) is 0. The quantitative estimate of drug-likeness (QED) is 0.807. The molecule has 0 unspecified atom stereocenters. The number of methoxy groups -OCH3 is 1. The summed E-state index contributed by atoms with van der Waals surface area (Å²) in [5, 5.41) is 11.8. The molecule has 0 aliphatic carbocycles. The number of ether oxygens (including phenoxy) is 2. The molecule has 23 heavy (non-hydrogen) atoms. The Morgan fingerprint density at radius 3 is 2.70 bits per heavy atom. The molecule has 130 valence electrons. The fourth-order valence-electron chi connectivity index (χ4n) is 2.48. The second kappa shape index (κ2) is 7.12. The van der Waals surface area contributed by atoms with Gasteiger partial charge in [0.05, 0.1) is 13.2 Å². The average molecular weight is 326 g/mol. The maximum absolute atomic E-state index is 12.2. The largest absolute Gasteiger partial charge is 0.444 e. The number of carbonyl (C=O) groups excluding carboxylic acids is 1. The van der Waals surface area contributed by atoms with Crippen LogP contribution in [0.4, 0.5) is 10.7 Å². The molecular weight excluding hydrogens is 300 g/mol. The van der Waals surface area contributed by atoms with Crippen LogP contribution in [0.5, 0.6) is 0 Å². The lowest BCUT2D eigenvalue weighted by molar-refractivity contribution is 0.0158. The summed E-state index contributed by atoms with van der Waals surface area (Å²) in [5.41, 5.74) is -0.488. The maximum Gasteiger partial charge on any atom is 0.410 e. The molecule has 2 rings (SSSR count). The molecule has 0 aromatic carbocycles. The van der Waals surface area contributed by atoms with Crippen molar-refractivity contribution >= 4 is 12.0 Å². The van der Waals surface area contributed by atoms with E-state index in [0.717, 1.165) is 0 Å². The van der Waals surface area contributed by atoms with Crippen LogP contribution in [-0.4, -0.2) is 76.2 Å². The summed E-state index contributed by atoms with van der Waals surface area (Å²) in [7, 11) is 1.64. The summed E-state index contributed by atoms with van der Waals surface area (Å²) in [6, 6.07) is 0.0196. The van der Waals surface area contributed by atoms with Gasteiger partial charge in [-0.25, -0.2) is 9.48 Å². The van der Waals surface area contributed by atoms with Gasteiger partial charge in [0.15, 0.2) is 0 Å². The van der Waals surface area contributed by atoms with Crippen molar-refractivity contribution in [2.45, 2.75) is 45.9 Å². The molecule has 0 bridgehead atoms. The van der Waals surface area contributed by atoms with Gasteiger partial charge >= 0.3 is 6.09 Å². The minimum absolute atomic E-state index is 0.0196. The topological polar surface area (TPSA) is 85.6 Å². The van der Waals surface area contributed by atoms with Crippen molar-refractivity contribution in [2.24, 2.45) is 0 Å². The van der Waals surface area contributed by atoms with Crippen molar-refractivity contribution in [3.63, 3.8) is 0 Å². The van der Waals surface area contributed by atoms with E-state index >= 15 is 0 Å². The Kier molecular flexibility index (Phi) is 5.40. The fraction of sp³-hybridized carbons (Fsp3) is 0.857. The van der Waals surface area contributed by atoms with Crippen LogP contribution in [0, 0.1) is 0 Å². The van der Waals surface area contributed by atoms with E-state index in [1.54, 1.807) is 16.7 Å². The summed E-state index contributed by atoms with van der Waals surface area (Å²) in [5.74, 6) is 0.706. The molecule has 9 nitrogen and oxygen atoms in total. The molecule has 1 fully saturated rings. The number of nitrogens with zero attached hydrogens (tertiary/aromatic N) is 6. The molecule has 1 aromatic rings. The molecule has 0 N–H and O–H groups in total. The first-order chi connectivity index (χ1) is 10.8. The number of piperazine rings is 1. The third kappa shape index (κ3) is 4.54. The summed E-state index contributed by atoms with van der Waals surface area (Å²) in [4.78, 5) is 16.1. The Hall–Kier alpha value is -1.90. The Balaban J connectivity index is 1.98. The Morgan fingerprint density at radius 1 is 1.35 bits per heavy atom. The fourth-order valence-corrected chi connectivity index (χ4v) is 2.48. The molecule has 1 aliphatic rings. The molecule has 0 saturated carbocycles. The van der Waals surface area contributed by atoms with E-state index in [-0.39, 0.29) is 12.1 Å². The van der Waals surface area contributed by atoms with Gasteiger partial charge in [0.25, 0.3) is 0 Å². The first kappa shape index (κ1) is 17.5. The summed E-state index contributed by atoms with van der Waals surface area (Å²) in [6.45, 7) is 10.7. The van der Waals surface area contributed by atoms with Gasteiger partial charge in [-0.2, -0.15) is 0 Å². The van der Waals surface area contributed by atoms with E-state index in [2.05, 4.69) is 20.4 Å². The van der Waals surface area contributed by atoms with Crippen LogP contribution >= 0.6 is 0 Å². The number of rotatable bonds is 4. The molecule has 9 heteroatoms. The van der Waals surface area contributed by atoms with Gasteiger partial charge in [-0.05, 0) is 38.1 Å². The monoisotopic (exact) mass is 326 g/mol. The van der Waals surface area contributed by atoms with Crippen molar-refractivity contribution in [1.82, 2.24) is 25.1 Å². The van der Waals surface area contributed by atoms with Crippen molar-refractivity contribution in [2.75, 3.05) is 38.3 Å². The number of carbonyl (C=O) groups is 1. The normalized spacial score (nSPS) is 19.1. The van der Waals surface area contributed by atoms with E-state index in [1.807, 2.05) is 27.7 Å². The molecule has 0 spiro atoms. The zero-order valence-electron chi connectivity index (χ0n) is 14.5. The second-order valence-corrected chi connectivity index (χ2v) is 6.66. The van der Waals surface area contributed by atoms with Gasteiger partial charge < -0.3 is 19.3 Å². The van der Waals surface area contributed by atoms with Crippen LogP contribution in [-0.2, 0) is 16.0 Å². The highest BCUT2D eigenvalue weighted by atomic mass is 16.6. The lowest BCUT2D eigenvalue weighted by Crippen LogP contribution is -2.55. The summed E-state index contributed by atoms with van der Waals surface area (Å²) < 4.78 is 12.2. The predicted octanol–water partition coefficient (Wildman–Crippen LogP) is 0.765. The van der Waals surface area contributed by atoms with Gasteiger partial charge in [0.1, 0.15) is 5.60 Å². The summed E-state index contributed by atoms with van der Waals surface area (Å²) >= 11 is 0. The number of aromatic nitrogens is 4. The van der Waals surface area contributed by atoms with Gasteiger partial charge in [-0.3, -0.25) is 0 Å². The predicted molar refractivity (Wildman–Crippen MR) is 84.3 cm³/mol. The number of hydrogen-bond acceptors (Lipinski definition) is 7. The molecule has 1 saturated heterocycles. The Bertz CT molecular complexity index is 527. The van der Waals surface area contributed by atoms with E-state index in [1.165, 1.54) is 0 Å². The van der Waals surface area contributed by atoms with Crippen LogP contribution in [0.25, 0.3) is 0 Å². The minimum Gasteiger partial charge on any atom is -0.444 e. The van der Waals surface area contributed by atoms with Crippen LogP contribution in [0.2, 0.25) is 0 Å². The van der Waals surface area contributed by atoms with Gasteiger partial charge in [0.2, 0.25) is 5.95 Å². The van der Waals surface area contributed by atoms with E-state index in [4.69, 9.17) is 9.47 Å². The average Bonchev–Trinajstić information content (AvgIpc) is 2.91. The number of anilines is 1. The highest BCUT2D eigenvalue weighted by Gasteiger charge is 2.32. The third-order valence-electron chi connectivity index (χ3n) is 3.56. The lowest BCUT2D eigenvalue weighted by atomic mass is 10.2.